The van der Waals surface area contributed by atoms with Gasteiger partial charge in [0.2, 0.25) is 0 Å². The minimum atomic E-state index is 0. The van der Waals surface area contributed by atoms with Crippen LogP contribution in [0.4, 0.5) is 0 Å². The van der Waals surface area contributed by atoms with Gasteiger partial charge in [0.25, 0.3) is 0 Å². The maximum atomic E-state index is 3.36. The predicted octanol–water partition coefficient (Wildman–Crippen LogP) is 0.473. The largest absolute Gasteiger partial charge is 0.0711 e. The van der Waals surface area contributed by atoms with Crippen LogP contribution in [0.15, 0.2) is 30.3 Å². The van der Waals surface area contributed by atoms with E-state index >= 15 is 0 Å². The SMILES string of the molecule is [Si]c1ccccc1.[Y].[Y].[Y]. The van der Waals surface area contributed by atoms with Crippen molar-refractivity contribution in [3.05, 3.63) is 30.3 Å². The maximum Gasteiger partial charge on any atom is 0.0711 e. The Kier molecular flexibility index (Phi) is 21.8. The topological polar surface area (TPSA) is 0 Å². The predicted molar refractivity (Wildman–Crippen MR) is 31.8 cm³/mol. The van der Waals surface area contributed by atoms with Gasteiger partial charge >= 0.3 is 0 Å². The first kappa shape index (κ1) is 18.5. The molecule has 0 fully saturated rings. The first-order chi connectivity index (χ1) is 3.39. The Balaban J connectivity index is -0.000000163. The first-order valence-electron chi connectivity index (χ1n) is 2.16. The summed E-state index contributed by atoms with van der Waals surface area (Å²) in [7, 11) is 3.36. The third-order valence-electron chi connectivity index (χ3n) is 0.774. The summed E-state index contributed by atoms with van der Waals surface area (Å²) in [4.78, 5) is 0. The quantitative estimate of drug-likeness (QED) is 0.582. The monoisotopic (exact) mass is 372 g/mol. The first-order valence-corrected chi connectivity index (χ1v) is 2.66. The zero-order chi connectivity index (χ0) is 5.11. The number of hydrogen-bond donors (Lipinski definition) is 0. The molecule has 10 heavy (non-hydrogen) atoms. The third kappa shape index (κ3) is 8.84. The minimum Gasteiger partial charge on any atom is -0.0674 e. The van der Waals surface area contributed by atoms with Crippen LogP contribution in [0.25, 0.3) is 0 Å². The maximum absolute atomic E-state index is 3.36. The van der Waals surface area contributed by atoms with Crippen molar-refractivity contribution in [2.24, 2.45) is 0 Å². The fourth-order valence-corrected chi connectivity index (χ4v) is 0.631. The van der Waals surface area contributed by atoms with Crippen LogP contribution in [0, 0.1) is 0 Å². The molecule has 0 aliphatic carbocycles. The normalized spacial score (nSPS) is 6.10. The van der Waals surface area contributed by atoms with E-state index in [0.29, 0.717) is 0 Å². The molecule has 0 heterocycles. The molecule has 0 amide bonds. The summed E-state index contributed by atoms with van der Waals surface area (Å²) in [6.07, 6.45) is 0. The van der Waals surface area contributed by atoms with E-state index in [-0.39, 0.29) is 98.1 Å². The van der Waals surface area contributed by atoms with E-state index in [9.17, 15) is 0 Å². The molecular weight excluding hydrogens is 367 g/mol. The Labute approximate surface area is 141 Å². The molecule has 0 saturated carbocycles. The van der Waals surface area contributed by atoms with Crippen molar-refractivity contribution in [2.75, 3.05) is 0 Å². The van der Waals surface area contributed by atoms with Gasteiger partial charge in [-0.15, -0.1) is 0 Å². The van der Waals surface area contributed by atoms with E-state index in [1.54, 1.807) is 0 Å². The van der Waals surface area contributed by atoms with Gasteiger partial charge in [0, 0.05) is 98.1 Å². The van der Waals surface area contributed by atoms with Gasteiger partial charge in [-0.05, 0) is 0 Å². The summed E-state index contributed by atoms with van der Waals surface area (Å²) in [5, 5.41) is 1.13. The summed E-state index contributed by atoms with van der Waals surface area (Å²) >= 11 is 0. The average Bonchev–Trinajstić information content (AvgIpc) is 1.69. The number of benzene rings is 1. The summed E-state index contributed by atoms with van der Waals surface area (Å²) in [5.41, 5.74) is 0. The van der Waals surface area contributed by atoms with Crippen molar-refractivity contribution >= 4 is 15.4 Å². The molecule has 1 aromatic carbocycles. The molecule has 0 bridgehead atoms. The second kappa shape index (κ2) is 11.7. The van der Waals surface area contributed by atoms with Crippen molar-refractivity contribution in [3.63, 3.8) is 0 Å². The fraction of sp³-hybridized carbons (Fsp3) is 0. The van der Waals surface area contributed by atoms with Crippen LogP contribution in [0.1, 0.15) is 0 Å². The Hall–Kier alpha value is 2.75. The summed E-state index contributed by atoms with van der Waals surface area (Å²) in [6, 6.07) is 9.96. The number of rotatable bonds is 0. The van der Waals surface area contributed by atoms with Crippen LogP contribution >= 0.6 is 0 Å². The van der Waals surface area contributed by atoms with Crippen molar-refractivity contribution in [1.29, 1.82) is 0 Å². The minimum absolute atomic E-state index is 0. The fourth-order valence-electron chi connectivity index (χ4n) is 0.438. The summed E-state index contributed by atoms with van der Waals surface area (Å²) in [5.74, 6) is 0. The van der Waals surface area contributed by atoms with Crippen molar-refractivity contribution in [1.82, 2.24) is 0 Å². The van der Waals surface area contributed by atoms with E-state index in [1.165, 1.54) is 0 Å². The van der Waals surface area contributed by atoms with Crippen LogP contribution in [0.5, 0.6) is 0 Å². The van der Waals surface area contributed by atoms with Crippen molar-refractivity contribution in [3.8, 4) is 0 Å². The molecule has 42 valence electrons. The van der Waals surface area contributed by atoms with Crippen LogP contribution in [0.2, 0.25) is 0 Å². The molecule has 0 atom stereocenters. The Bertz CT molecular complexity index is 143. The molecule has 1 aromatic rings. The van der Waals surface area contributed by atoms with Gasteiger partial charge in [-0.1, -0.05) is 35.5 Å². The van der Waals surface area contributed by atoms with Gasteiger partial charge < -0.3 is 0 Å². The van der Waals surface area contributed by atoms with Crippen molar-refractivity contribution < 1.29 is 98.1 Å². The molecular formula is C6H5SiY3. The van der Waals surface area contributed by atoms with E-state index in [2.05, 4.69) is 10.2 Å². The van der Waals surface area contributed by atoms with Gasteiger partial charge in [0.05, 0.1) is 10.2 Å². The summed E-state index contributed by atoms with van der Waals surface area (Å²) in [6.45, 7) is 0. The van der Waals surface area contributed by atoms with Gasteiger partial charge in [-0.3, -0.25) is 0 Å². The molecule has 1 rings (SSSR count). The van der Waals surface area contributed by atoms with Gasteiger partial charge in [-0.2, -0.15) is 0 Å². The Morgan fingerprint density at radius 3 is 1.40 bits per heavy atom. The molecule has 0 saturated heterocycles. The Morgan fingerprint density at radius 2 is 1.20 bits per heavy atom. The molecule has 0 aliphatic rings. The van der Waals surface area contributed by atoms with Gasteiger partial charge in [0.15, 0.2) is 0 Å². The van der Waals surface area contributed by atoms with E-state index in [0.717, 1.165) is 5.19 Å². The van der Waals surface area contributed by atoms with Crippen LogP contribution in [-0.2, 0) is 98.1 Å². The second-order valence-corrected chi connectivity index (χ2v) is 1.94. The zero-order valence-electron chi connectivity index (χ0n) is 5.62. The van der Waals surface area contributed by atoms with Gasteiger partial charge in [-0.25, -0.2) is 0 Å². The average molecular weight is 372 g/mol. The molecule has 0 aliphatic heterocycles. The van der Waals surface area contributed by atoms with Crippen LogP contribution in [-0.4, -0.2) is 10.2 Å². The third-order valence-corrected chi connectivity index (χ3v) is 1.11. The second-order valence-electron chi connectivity index (χ2n) is 1.37. The van der Waals surface area contributed by atoms with E-state index < -0.39 is 0 Å². The summed E-state index contributed by atoms with van der Waals surface area (Å²) < 4.78 is 0. The molecule has 0 unspecified atom stereocenters. The van der Waals surface area contributed by atoms with E-state index in [1.807, 2.05) is 30.3 Å². The molecule has 4 heteroatoms. The molecule has 0 nitrogen and oxygen atoms in total. The van der Waals surface area contributed by atoms with E-state index in [4.69, 9.17) is 0 Å². The molecule has 0 aromatic heterocycles. The van der Waals surface area contributed by atoms with Gasteiger partial charge in [0.1, 0.15) is 0 Å². The number of hydrogen-bond acceptors (Lipinski definition) is 0. The molecule has 0 N–H and O–H groups in total. The van der Waals surface area contributed by atoms with Crippen LogP contribution < -0.4 is 5.19 Å². The molecule has 6 radical (unpaired) electrons. The smallest absolute Gasteiger partial charge is 0.0674 e. The van der Waals surface area contributed by atoms with Crippen LogP contribution in [0.3, 0.4) is 0 Å². The Morgan fingerprint density at radius 1 is 0.800 bits per heavy atom. The zero-order valence-corrected chi connectivity index (χ0v) is 15.1. The van der Waals surface area contributed by atoms with Crippen molar-refractivity contribution in [2.45, 2.75) is 0 Å². The standard InChI is InChI=1S/C6H5Si.3Y/c7-6-4-2-1-3-5-6;;;/h1-5H;;;. The molecule has 0 spiro atoms.